The summed E-state index contributed by atoms with van der Waals surface area (Å²) in [5.74, 6) is -5.45. The van der Waals surface area contributed by atoms with E-state index in [2.05, 4.69) is 58.7 Å². The van der Waals surface area contributed by atoms with Crippen LogP contribution in [0.2, 0.25) is 0 Å². The Kier molecular flexibility index (Phi) is 16.8. The largest absolute Gasteiger partial charge is 4.00 e. The minimum Gasteiger partial charge on any atom is -0.440 e. The van der Waals surface area contributed by atoms with Gasteiger partial charge in [0.05, 0.1) is 23.1 Å². The standard InChI is InChI=1S/2C13H9F2O3S.2C6H7.Ti/c2*1-9-2-5-11(6-3-9)19(16,17)18-13-7-4-10(14)8-12(13)15;2*1-6-4-2-3-5-6;/h2*2-7H,1H3;2*2,4H,3H2,1H3;/q4*-1;+4. The molecule has 0 aromatic heterocycles. The van der Waals surface area contributed by atoms with Gasteiger partial charge in [-0.15, -0.1) is 49.2 Å². The van der Waals surface area contributed by atoms with Crippen molar-refractivity contribution in [2.24, 2.45) is 0 Å². The zero-order chi connectivity index (χ0) is 36.9. The van der Waals surface area contributed by atoms with Crippen molar-refractivity contribution >= 4 is 20.2 Å². The van der Waals surface area contributed by atoms with Crippen LogP contribution in [0.15, 0.2) is 118 Å². The van der Waals surface area contributed by atoms with Crippen molar-refractivity contribution in [3.8, 4) is 11.5 Å². The fourth-order valence-corrected chi connectivity index (χ4v) is 5.62. The van der Waals surface area contributed by atoms with E-state index >= 15 is 0 Å². The minimum absolute atomic E-state index is 0. The van der Waals surface area contributed by atoms with Gasteiger partial charge in [-0.1, -0.05) is 49.2 Å². The molecule has 0 N–H and O–H groups in total. The van der Waals surface area contributed by atoms with E-state index in [1.807, 2.05) is 0 Å². The molecular weight excluding hydrogens is 740 g/mol. The summed E-state index contributed by atoms with van der Waals surface area (Å²) in [5, 5.41) is 0. The van der Waals surface area contributed by atoms with Crippen LogP contribution in [-0.2, 0) is 42.0 Å². The van der Waals surface area contributed by atoms with Crippen molar-refractivity contribution in [3.05, 3.63) is 167 Å². The third-order valence-electron chi connectivity index (χ3n) is 6.40. The van der Waals surface area contributed by atoms with E-state index in [0.29, 0.717) is 0 Å². The number of benzene rings is 4. The van der Waals surface area contributed by atoms with E-state index in [4.69, 9.17) is 0 Å². The molecule has 6 nitrogen and oxygen atoms in total. The van der Waals surface area contributed by atoms with Crippen molar-refractivity contribution < 1.29 is 64.5 Å². The predicted octanol–water partition coefficient (Wildman–Crippen LogP) is 9.07. The van der Waals surface area contributed by atoms with Gasteiger partial charge in [-0.3, -0.25) is 12.2 Å². The molecular formula is C38H32F4O6S2Ti. The molecule has 6 rings (SSSR count). The number of halogens is 4. The van der Waals surface area contributed by atoms with E-state index in [-0.39, 0.29) is 31.5 Å². The Labute approximate surface area is 312 Å². The third kappa shape index (κ3) is 14.5. The summed E-state index contributed by atoms with van der Waals surface area (Å²) in [5.41, 5.74) is 4.30. The Morgan fingerprint density at radius 1 is 0.529 bits per heavy atom. The predicted molar refractivity (Wildman–Crippen MR) is 181 cm³/mol. The Bertz CT molecular complexity index is 1950. The van der Waals surface area contributed by atoms with Crippen molar-refractivity contribution in [2.75, 3.05) is 0 Å². The second-order valence-electron chi connectivity index (χ2n) is 10.6. The van der Waals surface area contributed by atoms with Gasteiger partial charge in [-0.2, -0.15) is 29.0 Å². The smallest absolute Gasteiger partial charge is 0.440 e. The molecule has 4 aromatic rings. The van der Waals surface area contributed by atoms with Crippen LogP contribution in [0.25, 0.3) is 0 Å². The summed E-state index contributed by atoms with van der Waals surface area (Å²) in [4.78, 5) is -0.219. The summed E-state index contributed by atoms with van der Waals surface area (Å²) in [6, 6.07) is 18.6. The van der Waals surface area contributed by atoms with Crippen LogP contribution in [0, 0.1) is 61.4 Å². The third-order valence-corrected chi connectivity index (χ3v) is 8.90. The minimum atomic E-state index is -4.15. The van der Waals surface area contributed by atoms with Crippen LogP contribution in [-0.4, -0.2) is 16.8 Å². The topological polar surface area (TPSA) is 86.7 Å². The molecule has 0 bridgehead atoms. The maximum atomic E-state index is 13.3. The van der Waals surface area contributed by atoms with E-state index in [1.54, 1.807) is 50.2 Å². The van der Waals surface area contributed by atoms with Gasteiger partial charge < -0.3 is 8.37 Å². The van der Waals surface area contributed by atoms with Crippen LogP contribution < -0.4 is 8.37 Å². The second kappa shape index (κ2) is 20.0. The molecule has 2 aliphatic rings. The number of hydrogen-bond acceptors (Lipinski definition) is 6. The van der Waals surface area contributed by atoms with Gasteiger partial charge in [-0.05, 0) is 38.1 Å². The fraction of sp³-hybridized carbons (Fsp3) is 0.158. The molecule has 51 heavy (non-hydrogen) atoms. The molecule has 0 heterocycles. The molecule has 0 saturated heterocycles. The zero-order valence-electron chi connectivity index (χ0n) is 27.9. The van der Waals surface area contributed by atoms with Gasteiger partial charge >= 0.3 is 42.0 Å². The van der Waals surface area contributed by atoms with Crippen LogP contribution in [0.3, 0.4) is 0 Å². The van der Waals surface area contributed by atoms with Crippen molar-refractivity contribution in [2.45, 2.75) is 50.3 Å². The molecule has 2 aliphatic carbocycles. The summed E-state index contributed by atoms with van der Waals surface area (Å²) < 4.78 is 108. The second-order valence-corrected chi connectivity index (χ2v) is 13.7. The number of aryl methyl sites for hydroxylation is 2. The van der Waals surface area contributed by atoms with Gasteiger partial charge in [0, 0.05) is 11.6 Å². The van der Waals surface area contributed by atoms with Gasteiger partial charge in [-0.25, -0.2) is 40.9 Å². The first-order valence-electron chi connectivity index (χ1n) is 14.8. The molecule has 0 amide bonds. The van der Waals surface area contributed by atoms with E-state index in [9.17, 15) is 34.4 Å². The zero-order valence-corrected chi connectivity index (χ0v) is 31.1. The normalized spacial score (nSPS) is 12.8. The van der Waals surface area contributed by atoms with Gasteiger partial charge in [0.1, 0.15) is 9.79 Å². The summed E-state index contributed by atoms with van der Waals surface area (Å²) >= 11 is 0. The average molecular weight is 773 g/mol. The monoisotopic (exact) mass is 772 g/mol. The van der Waals surface area contributed by atoms with Gasteiger partial charge in [0.15, 0.2) is 0 Å². The Hall–Kier alpha value is -4.23. The van der Waals surface area contributed by atoms with Crippen LogP contribution in [0.4, 0.5) is 17.6 Å². The molecule has 0 aliphatic heterocycles. The quantitative estimate of drug-likeness (QED) is 0.0842. The van der Waals surface area contributed by atoms with E-state index < -0.39 is 55.0 Å². The van der Waals surface area contributed by atoms with Crippen LogP contribution in [0.1, 0.15) is 37.8 Å². The van der Waals surface area contributed by atoms with Crippen molar-refractivity contribution in [1.82, 2.24) is 0 Å². The number of hydrogen-bond donors (Lipinski definition) is 0. The summed E-state index contributed by atoms with van der Waals surface area (Å²) in [6.45, 7) is 7.71. The first-order valence-corrected chi connectivity index (χ1v) is 17.6. The van der Waals surface area contributed by atoms with Gasteiger partial charge in [0.25, 0.3) is 0 Å². The van der Waals surface area contributed by atoms with Gasteiger partial charge in [0.2, 0.25) is 0 Å². The number of rotatable bonds is 6. The SMILES string of the molecule is CC1=[C-]CC=C1.CC1=[C-]CC=C1.Cc1ccc(S(=O)(=O)Oc2ccc(F)[c-]c2F)cc1.Cc1ccc(S(=O)(=O)Oc2ccc(F)[c-]c2F)cc1.[Ti+4]. The molecule has 0 unspecified atom stereocenters. The molecule has 4 aromatic carbocycles. The number of allylic oxidation sites excluding steroid dienone is 8. The van der Waals surface area contributed by atoms with E-state index in [1.165, 1.54) is 35.4 Å². The molecule has 0 radical (unpaired) electrons. The Morgan fingerprint density at radius 3 is 1.10 bits per heavy atom. The molecule has 0 spiro atoms. The maximum absolute atomic E-state index is 13.3. The summed E-state index contributed by atoms with van der Waals surface area (Å²) in [6.07, 6.45) is 16.7. The van der Waals surface area contributed by atoms with Crippen LogP contribution >= 0.6 is 0 Å². The Balaban J connectivity index is 0.000000263. The Morgan fingerprint density at radius 2 is 0.863 bits per heavy atom. The first kappa shape index (κ1) is 42.9. The van der Waals surface area contributed by atoms with Crippen molar-refractivity contribution in [1.29, 1.82) is 0 Å². The van der Waals surface area contributed by atoms with Crippen LogP contribution in [0.5, 0.6) is 11.5 Å². The first-order chi connectivity index (χ1) is 23.6. The fourth-order valence-electron chi connectivity index (χ4n) is 3.76. The molecule has 0 saturated carbocycles. The molecule has 0 atom stereocenters. The maximum Gasteiger partial charge on any atom is 4.00 e. The van der Waals surface area contributed by atoms with E-state index in [0.717, 1.165) is 48.2 Å². The average Bonchev–Trinajstić information content (AvgIpc) is 3.74. The van der Waals surface area contributed by atoms with Crippen molar-refractivity contribution in [3.63, 3.8) is 0 Å². The summed E-state index contributed by atoms with van der Waals surface area (Å²) in [7, 11) is -8.30. The molecule has 0 fully saturated rings. The molecule has 13 heteroatoms. The molecule has 264 valence electrons.